The fourth-order valence-electron chi connectivity index (χ4n) is 2.16. The maximum Gasteiger partial charge on any atom is 0.311 e. The highest BCUT2D eigenvalue weighted by atomic mass is 16.4. The standard InChI is InChI=1S/C13H18N2O4/c1-2-14-5-7-15(8-6-14)13(18)11-4-3-10(19-11)9-12(16)17/h3-4H,2,5-9H2,1H3,(H,16,17). The van der Waals surface area contributed by atoms with E-state index in [9.17, 15) is 9.59 Å². The summed E-state index contributed by atoms with van der Waals surface area (Å²) in [5, 5.41) is 8.66. The van der Waals surface area contributed by atoms with Gasteiger partial charge in [0, 0.05) is 26.2 Å². The summed E-state index contributed by atoms with van der Waals surface area (Å²) in [6.07, 6.45) is -0.198. The van der Waals surface area contributed by atoms with Gasteiger partial charge in [-0.25, -0.2) is 0 Å². The topological polar surface area (TPSA) is 74.0 Å². The number of hydrogen-bond acceptors (Lipinski definition) is 4. The molecular formula is C13H18N2O4. The molecule has 0 aliphatic carbocycles. The third-order valence-corrected chi connectivity index (χ3v) is 3.30. The normalized spacial score (nSPS) is 16.6. The fourth-order valence-corrected chi connectivity index (χ4v) is 2.16. The Hall–Kier alpha value is -1.82. The van der Waals surface area contributed by atoms with Crippen LogP contribution < -0.4 is 0 Å². The number of likely N-dealkylation sites (N-methyl/N-ethyl adjacent to an activating group) is 1. The molecule has 1 amide bonds. The van der Waals surface area contributed by atoms with E-state index in [-0.39, 0.29) is 18.1 Å². The predicted octanol–water partition coefficient (Wildman–Crippen LogP) is 0.684. The summed E-state index contributed by atoms with van der Waals surface area (Å²) in [6, 6.07) is 3.09. The summed E-state index contributed by atoms with van der Waals surface area (Å²) >= 11 is 0. The van der Waals surface area contributed by atoms with Gasteiger partial charge in [0.15, 0.2) is 5.76 Å². The molecule has 6 nitrogen and oxygen atoms in total. The van der Waals surface area contributed by atoms with Gasteiger partial charge in [0.25, 0.3) is 5.91 Å². The van der Waals surface area contributed by atoms with E-state index in [2.05, 4.69) is 11.8 Å². The maximum atomic E-state index is 12.2. The first kappa shape index (κ1) is 13.6. The van der Waals surface area contributed by atoms with Crippen LogP contribution in [0.2, 0.25) is 0 Å². The molecule has 19 heavy (non-hydrogen) atoms. The second-order valence-electron chi connectivity index (χ2n) is 4.56. The number of furan rings is 1. The summed E-state index contributed by atoms with van der Waals surface area (Å²) in [4.78, 5) is 26.7. The number of carboxylic acid groups (broad SMARTS) is 1. The Morgan fingerprint density at radius 2 is 1.95 bits per heavy atom. The van der Waals surface area contributed by atoms with Crippen LogP contribution in [-0.4, -0.2) is 59.5 Å². The van der Waals surface area contributed by atoms with E-state index in [1.807, 2.05) is 0 Å². The molecule has 104 valence electrons. The summed E-state index contributed by atoms with van der Waals surface area (Å²) in [7, 11) is 0. The van der Waals surface area contributed by atoms with Crippen LogP contribution in [0.5, 0.6) is 0 Å². The molecule has 1 saturated heterocycles. The third kappa shape index (κ3) is 3.35. The van der Waals surface area contributed by atoms with Gasteiger partial charge in [-0.2, -0.15) is 0 Å². The molecule has 0 atom stereocenters. The van der Waals surface area contributed by atoms with Crippen LogP contribution in [0, 0.1) is 0 Å². The lowest BCUT2D eigenvalue weighted by molar-refractivity contribution is -0.136. The van der Waals surface area contributed by atoms with E-state index in [1.165, 1.54) is 0 Å². The molecule has 1 N–H and O–H groups in total. The lowest BCUT2D eigenvalue weighted by atomic mass is 10.3. The Kier molecular flexibility index (Phi) is 4.21. The largest absolute Gasteiger partial charge is 0.481 e. The first-order valence-corrected chi connectivity index (χ1v) is 6.42. The van der Waals surface area contributed by atoms with Gasteiger partial charge in [-0.05, 0) is 18.7 Å². The second-order valence-corrected chi connectivity index (χ2v) is 4.56. The zero-order chi connectivity index (χ0) is 13.8. The average molecular weight is 266 g/mol. The van der Waals surface area contributed by atoms with Crippen LogP contribution in [0.25, 0.3) is 0 Å². The number of rotatable bonds is 4. The van der Waals surface area contributed by atoms with Crippen molar-refractivity contribution in [1.29, 1.82) is 0 Å². The zero-order valence-corrected chi connectivity index (χ0v) is 11.0. The summed E-state index contributed by atoms with van der Waals surface area (Å²) in [5.41, 5.74) is 0. The molecule has 1 fully saturated rings. The minimum Gasteiger partial charge on any atom is -0.481 e. The first-order chi connectivity index (χ1) is 9.10. The molecule has 1 aromatic heterocycles. The van der Waals surface area contributed by atoms with Crippen molar-refractivity contribution in [3.63, 3.8) is 0 Å². The molecule has 0 saturated carbocycles. The van der Waals surface area contributed by atoms with Crippen LogP contribution in [-0.2, 0) is 11.2 Å². The second kappa shape index (κ2) is 5.88. The first-order valence-electron chi connectivity index (χ1n) is 6.42. The van der Waals surface area contributed by atoms with Crippen LogP contribution in [0.1, 0.15) is 23.2 Å². The average Bonchev–Trinajstić information content (AvgIpc) is 2.85. The molecule has 0 spiro atoms. The minimum absolute atomic E-state index is 0.160. The summed E-state index contributed by atoms with van der Waals surface area (Å²) < 4.78 is 5.28. The lowest BCUT2D eigenvalue weighted by Gasteiger charge is -2.33. The Labute approximate surface area is 111 Å². The number of carboxylic acids is 1. The molecule has 6 heteroatoms. The van der Waals surface area contributed by atoms with Gasteiger partial charge >= 0.3 is 5.97 Å². The Morgan fingerprint density at radius 1 is 1.26 bits per heavy atom. The highest BCUT2D eigenvalue weighted by Crippen LogP contribution is 2.13. The number of amides is 1. The van der Waals surface area contributed by atoms with Crippen molar-refractivity contribution in [2.24, 2.45) is 0 Å². The molecule has 0 bridgehead atoms. The van der Waals surface area contributed by atoms with Crippen molar-refractivity contribution in [2.75, 3.05) is 32.7 Å². The monoisotopic (exact) mass is 266 g/mol. The van der Waals surface area contributed by atoms with E-state index in [1.54, 1.807) is 17.0 Å². The van der Waals surface area contributed by atoms with Crippen LogP contribution in [0.4, 0.5) is 0 Å². The van der Waals surface area contributed by atoms with Gasteiger partial charge in [-0.1, -0.05) is 6.92 Å². The van der Waals surface area contributed by atoms with Gasteiger partial charge in [0.2, 0.25) is 0 Å². The Balaban J connectivity index is 1.96. The molecule has 1 aliphatic heterocycles. The molecule has 1 aliphatic rings. The molecule has 0 unspecified atom stereocenters. The quantitative estimate of drug-likeness (QED) is 0.867. The lowest BCUT2D eigenvalue weighted by Crippen LogP contribution is -2.48. The van der Waals surface area contributed by atoms with Crippen molar-refractivity contribution in [3.8, 4) is 0 Å². The van der Waals surface area contributed by atoms with Gasteiger partial charge in [0.1, 0.15) is 12.2 Å². The van der Waals surface area contributed by atoms with E-state index in [4.69, 9.17) is 9.52 Å². The SMILES string of the molecule is CCN1CCN(C(=O)c2ccc(CC(=O)O)o2)CC1. The number of hydrogen-bond donors (Lipinski definition) is 1. The van der Waals surface area contributed by atoms with Crippen LogP contribution in [0.15, 0.2) is 16.5 Å². The van der Waals surface area contributed by atoms with Crippen molar-refractivity contribution < 1.29 is 19.1 Å². The van der Waals surface area contributed by atoms with Crippen molar-refractivity contribution in [3.05, 3.63) is 23.7 Å². The van der Waals surface area contributed by atoms with Crippen LogP contribution in [0.3, 0.4) is 0 Å². The molecule has 1 aromatic rings. The Morgan fingerprint density at radius 3 is 2.53 bits per heavy atom. The number of carbonyl (C=O) groups is 2. The van der Waals surface area contributed by atoms with Crippen LogP contribution >= 0.6 is 0 Å². The summed E-state index contributed by atoms with van der Waals surface area (Å²) in [6.45, 7) is 6.19. The number of piperazine rings is 1. The smallest absolute Gasteiger partial charge is 0.311 e. The third-order valence-electron chi connectivity index (χ3n) is 3.30. The van der Waals surface area contributed by atoms with Gasteiger partial charge in [-0.3, -0.25) is 9.59 Å². The summed E-state index contributed by atoms with van der Waals surface area (Å²) in [5.74, 6) is -0.596. The van der Waals surface area contributed by atoms with Gasteiger partial charge < -0.3 is 19.3 Å². The maximum absolute atomic E-state index is 12.2. The highest BCUT2D eigenvalue weighted by Gasteiger charge is 2.23. The van der Waals surface area contributed by atoms with E-state index in [0.717, 1.165) is 19.6 Å². The van der Waals surface area contributed by atoms with Crippen molar-refractivity contribution in [2.45, 2.75) is 13.3 Å². The molecule has 0 radical (unpaired) electrons. The van der Waals surface area contributed by atoms with E-state index >= 15 is 0 Å². The van der Waals surface area contributed by atoms with Crippen molar-refractivity contribution in [1.82, 2.24) is 9.80 Å². The number of carbonyl (C=O) groups excluding carboxylic acids is 1. The zero-order valence-electron chi connectivity index (χ0n) is 11.0. The van der Waals surface area contributed by atoms with E-state index < -0.39 is 5.97 Å². The number of aliphatic carboxylic acids is 1. The Bertz CT molecular complexity index is 461. The molecule has 0 aromatic carbocycles. The van der Waals surface area contributed by atoms with Gasteiger partial charge in [0.05, 0.1) is 0 Å². The number of nitrogens with zero attached hydrogens (tertiary/aromatic N) is 2. The molecular weight excluding hydrogens is 248 g/mol. The predicted molar refractivity (Wildman–Crippen MR) is 68.1 cm³/mol. The van der Waals surface area contributed by atoms with E-state index in [0.29, 0.717) is 18.8 Å². The highest BCUT2D eigenvalue weighted by molar-refractivity contribution is 5.91. The minimum atomic E-state index is -0.968. The molecule has 2 rings (SSSR count). The van der Waals surface area contributed by atoms with Crippen molar-refractivity contribution >= 4 is 11.9 Å². The van der Waals surface area contributed by atoms with Gasteiger partial charge in [-0.15, -0.1) is 0 Å². The molecule has 2 heterocycles. The fraction of sp³-hybridized carbons (Fsp3) is 0.538.